The number of nitrogens with zero attached hydrogens (tertiary/aromatic N) is 2. The fraction of sp³-hybridized carbons (Fsp3) is 0.125. The van der Waals surface area contributed by atoms with E-state index < -0.39 is 22.3 Å². The summed E-state index contributed by atoms with van der Waals surface area (Å²) in [7, 11) is 2.92. The number of benzene rings is 2. The highest BCUT2D eigenvalue weighted by molar-refractivity contribution is 5.95. The van der Waals surface area contributed by atoms with Gasteiger partial charge in [0.1, 0.15) is 11.5 Å². The van der Waals surface area contributed by atoms with E-state index in [-0.39, 0.29) is 5.56 Å². The summed E-state index contributed by atoms with van der Waals surface area (Å²) < 4.78 is 10.2. The fourth-order valence-corrected chi connectivity index (χ4v) is 1.93. The largest absolute Gasteiger partial charge is 0.868 e. The van der Waals surface area contributed by atoms with E-state index in [1.165, 1.54) is 38.6 Å². The maximum Gasteiger partial charge on any atom is 0.271 e. The number of ether oxygens (including phenoxy) is 2. The van der Waals surface area contributed by atoms with Crippen molar-refractivity contribution in [3.63, 3.8) is 0 Å². The summed E-state index contributed by atoms with van der Waals surface area (Å²) >= 11 is 0. The van der Waals surface area contributed by atoms with Crippen LogP contribution in [0.5, 0.6) is 17.2 Å². The topological polar surface area (TPSA) is 126 Å². The van der Waals surface area contributed by atoms with E-state index in [0.29, 0.717) is 17.1 Å². The quantitative estimate of drug-likeness (QED) is 0.480. The van der Waals surface area contributed by atoms with E-state index in [1.54, 1.807) is 6.07 Å². The van der Waals surface area contributed by atoms with Gasteiger partial charge in [0.2, 0.25) is 0 Å². The maximum absolute atomic E-state index is 12.1. The molecule has 2 rings (SSSR count). The second kappa shape index (κ2) is 7.77. The van der Waals surface area contributed by atoms with Crippen LogP contribution in [0.2, 0.25) is 0 Å². The number of carbonyl (C=O) groups is 1. The molecule has 0 saturated heterocycles. The van der Waals surface area contributed by atoms with Crippen LogP contribution in [0.4, 0.5) is 5.69 Å². The summed E-state index contributed by atoms with van der Waals surface area (Å²) in [4.78, 5) is 22.1. The molecule has 0 aromatic heterocycles. The van der Waals surface area contributed by atoms with E-state index in [9.17, 15) is 20.0 Å². The summed E-state index contributed by atoms with van der Waals surface area (Å²) in [5.74, 6) is -0.344. The van der Waals surface area contributed by atoms with Crippen molar-refractivity contribution in [2.45, 2.75) is 0 Å². The molecule has 0 aliphatic heterocycles. The van der Waals surface area contributed by atoms with Crippen LogP contribution in [0, 0.1) is 10.1 Å². The third kappa shape index (κ3) is 4.44. The van der Waals surface area contributed by atoms with Gasteiger partial charge in [0.05, 0.1) is 25.4 Å². The zero-order chi connectivity index (χ0) is 18.4. The van der Waals surface area contributed by atoms with Gasteiger partial charge < -0.3 is 14.6 Å². The predicted octanol–water partition coefficient (Wildman–Crippen LogP) is 1.45. The van der Waals surface area contributed by atoms with Gasteiger partial charge in [0, 0.05) is 23.3 Å². The van der Waals surface area contributed by atoms with E-state index >= 15 is 0 Å². The Labute approximate surface area is 142 Å². The van der Waals surface area contributed by atoms with Crippen molar-refractivity contribution in [1.82, 2.24) is 5.43 Å². The monoisotopic (exact) mass is 344 g/mol. The van der Waals surface area contributed by atoms with Crippen LogP contribution in [-0.4, -0.2) is 31.3 Å². The minimum Gasteiger partial charge on any atom is -0.868 e. The van der Waals surface area contributed by atoms with Crippen molar-refractivity contribution in [2.75, 3.05) is 14.2 Å². The standard InChI is InChI=1S/C16H15N3O6/c1-24-12-6-11(7-13(8-12)25-2)16(21)18-17-9-10-3-4-15(20)14(5-10)19(22)23/h3-9,20H,1-2H3,(H,18,21)/p-1/b17-9-. The number of nitro benzene ring substituents is 1. The molecule has 2 aromatic carbocycles. The molecule has 25 heavy (non-hydrogen) atoms. The second-order valence-corrected chi connectivity index (χ2v) is 4.78. The Kier molecular flexibility index (Phi) is 5.51. The first kappa shape index (κ1) is 17.7. The van der Waals surface area contributed by atoms with Gasteiger partial charge in [0.25, 0.3) is 11.6 Å². The molecule has 0 fully saturated rings. The number of amides is 1. The van der Waals surface area contributed by atoms with Crippen LogP contribution >= 0.6 is 0 Å². The molecule has 1 N–H and O–H groups in total. The van der Waals surface area contributed by atoms with Crippen molar-refractivity contribution >= 4 is 17.8 Å². The third-order valence-electron chi connectivity index (χ3n) is 3.17. The van der Waals surface area contributed by atoms with Gasteiger partial charge in [-0.15, -0.1) is 0 Å². The SMILES string of the molecule is COc1cc(OC)cc(C(=O)N/N=C\c2ccc([O-])c([N+](=O)[O-])c2)c1. The van der Waals surface area contributed by atoms with Gasteiger partial charge in [-0.1, -0.05) is 12.1 Å². The Balaban J connectivity index is 2.13. The first-order valence-electron chi connectivity index (χ1n) is 6.96. The fourth-order valence-electron chi connectivity index (χ4n) is 1.93. The molecule has 2 aromatic rings. The number of hydrogen-bond acceptors (Lipinski definition) is 7. The van der Waals surface area contributed by atoms with Crippen LogP contribution in [0.25, 0.3) is 0 Å². The smallest absolute Gasteiger partial charge is 0.271 e. The Morgan fingerprint density at radius 3 is 2.36 bits per heavy atom. The van der Waals surface area contributed by atoms with Gasteiger partial charge in [-0.25, -0.2) is 5.43 Å². The highest BCUT2D eigenvalue weighted by atomic mass is 16.6. The molecule has 0 atom stereocenters. The molecule has 9 heteroatoms. The Morgan fingerprint density at radius 1 is 1.16 bits per heavy atom. The van der Waals surface area contributed by atoms with Crippen LogP contribution in [0.15, 0.2) is 41.5 Å². The van der Waals surface area contributed by atoms with Gasteiger partial charge in [-0.3, -0.25) is 14.9 Å². The minimum absolute atomic E-state index is 0.259. The van der Waals surface area contributed by atoms with Gasteiger partial charge in [0.15, 0.2) is 0 Å². The molecule has 130 valence electrons. The van der Waals surface area contributed by atoms with Crippen molar-refractivity contribution in [2.24, 2.45) is 5.10 Å². The third-order valence-corrected chi connectivity index (χ3v) is 3.17. The Hall–Kier alpha value is -3.62. The second-order valence-electron chi connectivity index (χ2n) is 4.78. The van der Waals surface area contributed by atoms with Gasteiger partial charge in [-0.2, -0.15) is 5.10 Å². The zero-order valence-electron chi connectivity index (χ0n) is 13.4. The molecule has 0 aliphatic carbocycles. The first-order valence-corrected chi connectivity index (χ1v) is 6.96. The average Bonchev–Trinajstić information content (AvgIpc) is 2.62. The number of methoxy groups -OCH3 is 2. The number of rotatable bonds is 6. The highest BCUT2D eigenvalue weighted by Crippen LogP contribution is 2.23. The van der Waals surface area contributed by atoms with Crippen LogP contribution < -0.4 is 20.0 Å². The predicted molar refractivity (Wildman–Crippen MR) is 87.1 cm³/mol. The summed E-state index contributed by atoms with van der Waals surface area (Å²) in [6.07, 6.45) is 1.20. The maximum atomic E-state index is 12.1. The lowest BCUT2D eigenvalue weighted by Crippen LogP contribution is -2.17. The Morgan fingerprint density at radius 2 is 1.80 bits per heavy atom. The van der Waals surface area contributed by atoms with Gasteiger partial charge in [-0.05, 0) is 17.9 Å². The van der Waals surface area contributed by atoms with E-state index in [4.69, 9.17) is 9.47 Å². The summed E-state index contributed by atoms with van der Waals surface area (Å²) in [5, 5.41) is 25.8. The summed E-state index contributed by atoms with van der Waals surface area (Å²) in [5.41, 5.74) is 2.28. The van der Waals surface area contributed by atoms with Crippen LogP contribution in [0.3, 0.4) is 0 Å². The number of hydrogen-bond donors (Lipinski definition) is 1. The van der Waals surface area contributed by atoms with Crippen molar-refractivity contribution in [3.05, 3.63) is 57.6 Å². The lowest BCUT2D eigenvalue weighted by molar-refractivity contribution is -0.398. The molecule has 0 saturated carbocycles. The van der Waals surface area contributed by atoms with Crippen LogP contribution in [-0.2, 0) is 0 Å². The zero-order valence-corrected chi connectivity index (χ0v) is 13.4. The lowest BCUT2D eigenvalue weighted by Gasteiger charge is -2.07. The van der Waals surface area contributed by atoms with Crippen LogP contribution in [0.1, 0.15) is 15.9 Å². The summed E-state index contributed by atoms with van der Waals surface area (Å²) in [6, 6.07) is 8.12. The molecular weight excluding hydrogens is 330 g/mol. The molecule has 0 unspecified atom stereocenters. The van der Waals surface area contributed by atoms with Gasteiger partial charge >= 0.3 is 0 Å². The molecule has 0 radical (unpaired) electrons. The molecule has 0 aliphatic rings. The molecule has 0 bridgehead atoms. The molecular formula is C16H14N3O6-. The summed E-state index contributed by atoms with van der Waals surface area (Å²) in [6.45, 7) is 0. The normalized spacial score (nSPS) is 10.5. The molecule has 9 nitrogen and oxygen atoms in total. The number of carbonyl (C=O) groups excluding carboxylic acids is 1. The van der Waals surface area contributed by atoms with Crippen molar-refractivity contribution in [1.29, 1.82) is 0 Å². The molecule has 0 spiro atoms. The number of nitro groups is 1. The first-order chi connectivity index (χ1) is 11.9. The number of hydrazone groups is 1. The number of nitrogens with one attached hydrogen (secondary N) is 1. The minimum atomic E-state index is -0.777. The van der Waals surface area contributed by atoms with Crippen molar-refractivity contribution < 1.29 is 24.3 Å². The highest BCUT2D eigenvalue weighted by Gasteiger charge is 2.10. The molecule has 1 amide bonds. The van der Waals surface area contributed by atoms with E-state index in [1.807, 2.05) is 0 Å². The van der Waals surface area contributed by atoms with Crippen molar-refractivity contribution in [3.8, 4) is 17.2 Å². The average molecular weight is 344 g/mol. The lowest BCUT2D eigenvalue weighted by atomic mass is 10.2. The van der Waals surface area contributed by atoms with E-state index in [2.05, 4.69) is 10.5 Å². The Bertz CT molecular complexity index is 812. The van der Waals surface area contributed by atoms with E-state index in [0.717, 1.165) is 12.1 Å². The molecule has 0 heterocycles.